The van der Waals surface area contributed by atoms with Crippen molar-refractivity contribution in [2.75, 3.05) is 13.7 Å². The van der Waals surface area contributed by atoms with Gasteiger partial charge in [-0.1, -0.05) is 5.16 Å². The van der Waals surface area contributed by atoms with Crippen LogP contribution in [0.1, 0.15) is 40.2 Å². The molecule has 0 radical (unpaired) electrons. The van der Waals surface area contributed by atoms with Crippen molar-refractivity contribution in [3.05, 3.63) is 47.0 Å². The van der Waals surface area contributed by atoms with E-state index in [9.17, 15) is 4.79 Å². The minimum atomic E-state index is -0.149. The molecule has 2 heterocycles. The van der Waals surface area contributed by atoms with Crippen LogP contribution in [0.5, 0.6) is 5.75 Å². The van der Waals surface area contributed by atoms with Gasteiger partial charge in [0.25, 0.3) is 5.91 Å². The van der Waals surface area contributed by atoms with Gasteiger partial charge in [-0.2, -0.15) is 0 Å². The summed E-state index contributed by atoms with van der Waals surface area (Å²) in [6.45, 7) is 0.546. The van der Waals surface area contributed by atoms with Crippen LogP contribution in [-0.4, -0.2) is 29.7 Å². The number of hydrogen-bond acceptors (Lipinski definition) is 4. The maximum absolute atomic E-state index is 12.4. The van der Waals surface area contributed by atoms with Gasteiger partial charge in [0.15, 0.2) is 5.69 Å². The predicted molar refractivity (Wildman–Crippen MR) is 94.0 cm³/mol. The molecule has 2 aromatic heterocycles. The van der Waals surface area contributed by atoms with E-state index in [1.807, 2.05) is 24.4 Å². The second-order valence-electron chi connectivity index (χ2n) is 6.37. The molecule has 4 rings (SSSR count). The number of methoxy groups -OCH3 is 1. The first-order valence-corrected chi connectivity index (χ1v) is 8.66. The molecule has 0 spiro atoms. The van der Waals surface area contributed by atoms with E-state index in [1.54, 1.807) is 7.11 Å². The summed E-state index contributed by atoms with van der Waals surface area (Å²) in [4.78, 5) is 15.7. The summed E-state index contributed by atoms with van der Waals surface area (Å²) in [5.74, 6) is 1.55. The predicted octanol–water partition coefficient (Wildman–Crippen LogP) is 3.02. The number of carbonyl (C=O) groups is 1. The number of fused-ring (bicyclic) bond motifs is 2. The maximum Gasteiger partial charge on any atom is 0.273 e. The van der Waals surface area contributed by atoms with Crippen molar-refractivity contribution >= 4 is 16.8 Å². The zero-order chi connectivity index (χ0) is 17.2. The molecule has 0 fully saturated rings. The Morgan fingerprint density at radius 3 is 3.12 bits per heavy atom. The molecule has 0 atom stereocenters. The average Bonchev–Trinajstić information content (AvgIpc) is 3.25. The number of aryl methyl sites for hydroxylation is 1. The van der Waals surface area contributed by atoms with E-state index in [1.165, 1.54) is 0 Å². The zero-order valence-electron chi connectivity index (χ0n) is 14.2. The van der Waals surface area contributed by atoms with E-state index >= 15 is 0 Å². The number of aromatic nitrogens is 2. The molecule has 0 saturated carbocycles. The van der Waals surface area contributed by atoms with Gasteiger partial charge in [0.05, 0.1) is 7.11 Å². The van der Waals surface area contributed by atoms with Crippen LogP contribution in [0.3, 0.4) is 0 Å². The molecular formula is C19H21N3O3. The minimum absolute atomic E-state index is 0.149. The van der Waals surface area contributed by atoms with E-state index in [2.05, 4.69) is 15.5 Å². The molecule has 2 N–H and O–H groups in total. The number of nitrogens with one attached hydrogen (secondary N) is 2. The zero-order valence-corrected chi connectivity index (χ0v) is 14.2. The van der Waals surface area contributed by atoms with Crippen molar-refractivity contribution in [2.24, 2.45) is 0 Å². The lowest BCUT2D eigenvalue weighted by Gasteiger charge is -2.09. The first-order valence-electron chi connectivity index (χ1n) is 8.66. The molecule has 0 saturated heterocycles. The van der Waals surface area contributed by atoms with Gasteiger partial charge in [-0.05, 0) is 49.4 Å². The highest BCUT2D eigenvalue weighted by atomic mass is 16.5. The van der Waals surface area contributed by atoms with Gasteiger partial charge in [0, 0.05) is 35.6 Å². The molecule has 1 aliphatic rings. The van der Waals surface area contributed by atoms with Crippen LogP contribution in [0.15, 0.2) is 28.9 Å². The Labute approximate surface area is 145 Å². The number of aromatic amines is 1. The van der Waals surface area contributed by atoms with Gasteiger partial charge in [0.1, 0.15) is 11.5 Å². The highest BCUT2D eigenvalue weighted by Crippen LogP contribution is 2.25. The molecule has 3 aromatic rings. The topological polar surface area (TPSA) is 80.1 Å². The second kappa shape index (κ2) is 6.63. The van der Waals surface area contributed by atoms with Crippen LogP contribution in [0.25, 0.3) is 10.9 Å². The molecule has 1 amide bonds. The number of ether oxygens (including phenoxy) is 1. The summed E-state index contributed by atoms with van der Waals surface area (Å²) >= 11 is 0. The fraction of sp³-hybridized carbons (Fsp3) is 0.368. The number of nitrogens with zero attached hydrogens (tertiary/aromatic N) is 1. The van der Waals surface area contributed by atoms with E-state index < -0.39 is 0 Å². The van der Waals surface area contributed by atoms with Crippen LogP contribution in [0.4, 0.5) is 0 Å². The highest BCUT2D eigenvalue weighted by Gasteiger charge is 2.23. The number of amides is 1. The standard InChI is InChI=1S/C19H21N3O3/c1-24-13-6-7-16-15(10-13)12(11-21-16)8-9-20-19(23)18-14-4-2-3-5-17(14)25-22-18/h6-7,10-11,21H,2-5,8-9H2,1H3,(H,20,23). The summed E-state index contributed by atoms with van der Waals surface area (Å²) in [6.07, 6.45) is 6.67. The van der Waals surface area contributed by atoms with Crippen molar-refractivity contribution in [2.45, 2.75) is 32.1 Å². The van der Waals surface area contributed by atoms with Crippen molar-refractivity contribution < 1.29 is 14.1 Å². The summed E-state index contributed by atoms with van der Waals surface area (Å²) in [5, 5.41) is 8.05. The Balaban J connectivity index is 1.42. The third-order valence-electron chi connectivity index (χ3n) is 4.82. The number of H-pyrrole nitrogens is 1. The Hall–Kier alpha value is -2.76. The van der Waals surface area contributed by atoms with Crippen LogP contribution < -0.4 is 10.1 Å². The summed E-state index contributed by atoms with van der Waals surface area (Å²) in [7, 11) is 1.66. The van der Waals surface area contributed by atoms with Gasteiger partial charge < -0.3 is 19.6 Å². The fourth-order valence-electron chi connectivity index (χ4n) is 3.45. The molecule has 0 unspecified atom stereocenters. The van der Waals surface area contributed by atoms with Crippen LogP contribution in [0, 0.1) is 0 Å². The Kier molecular flexibility index (Phi) is 4.17. The fourth-order valence-corrected chi connectivity index (χ4v) is 3.45. The number of benzene rings is 1. The summed E-state index contributed by atoms with van der Waals surface area (Å²) in [5.41, 5.74) is 3.65. The molecule has 0 bridgehead atoms. The van der Waals surface area contributed by atoms with E-state index in [-0.39, 0.29) is 5.91 Å². The number of carbonyl (C=O) groups excluding carboxylic acids is 1. The SMILES string of the molecule is COc1ccc2[nH]cc(CCNC(=O)c3noc4c3CCCC4)c2c1. The Bertz CT molecular complexity index is 910. The van der Waals surface area contributed by atoms with Gasteiger partial charge in [-0.15, -0.1) is 0 Å². The quantitative estimate of drug-likeness (QED) is 0.749. The molecule has 25 heavy (non-hydrogen) atoms. The summed E-state index contributed by atoms with van der Waals surface area (Å²) in [6, 6.07) is 5.94. The van der Waals surface area contributed by atoms with Gasteiger partial charge in [-0.25, -0.2) is 0 Å². The lowest BCUT2D eigenvalue weighted by Crippen LogP contribution is -2.27. The number of rotatable bonds is 5. The molecular weight excluding hydrogens is 318 g/mol. The Morgan fingerprint density at radius 2 is 2.24 bits per heavy atom. The molecule has 0 aliphatic heterocycles. The van der Waals surface area contributed by atoms with Crippen LogP contribution in [0.2, 0.25) is 0 Å². The monoisotopic (exact) mass is 339 g/mol. The first-order chi connectivity index (χ1) is 12.3. The second-order valence-corrected chi connectivity index (χ2v) is 6.37. The van der Waals surface area contributed by atoms with Crippen LogP contribution >= 0.6 is 0 Å². The molecule has 1 aliphatic carbocycles. The van der Waals surface area contributed by atoms with Gasteiger partial charge in [-0.3, -0.25) is 4.79 Å². The normalized spacial score (nSPS) is 13.6. The van der Waals surface area contributed by atoms with Crippen molar-refractivity contribution in [1.29, 1.82) is 0 Å². The maximum atomic E-state index is 12.4. The largest absolute Gasteiger partial charge is 0.497 e. The van der Waals surface area contributed by atoms with E-state index in [4.69, 9.17) is 9.26 Å². The van der Waals surface area contributed by atoms with Crippen molar-refractivity contribution in [3.63, 3.8) is 0 Å². The third kappa shape index (κ3) is 2.99. The smallest absolute Gasteiger partial charge is 0.273 e. The number of hydrogen-bond donors (Lipinski definition) is 2. The summed E-state index contributed by atoms with van der Waals surface area (Å²) < 4.78 is 10.6. The van der Waals surface area contributed by atoms with E-state index in [0.717, 1.165) is 65.6 Å². The lowest BCUT2D eigenvalue weighted by molar-refractivity contribution is 0.0944. The van der Waals surface area contributed by atoms with Crippen LogP contribution in [-0.2, 0) is 19.3 Å². The molecule has 130 valence electrons. The third-order valence-corrected chi connectivity index (χ3v) is 4.82. The van der Waals surface area contributed by atoms with Gasteiger partial charge in [0.2, 0.25) is 0 Å². The van der Waals surface area contributed by atoms with E-state index in [0.29, 0.717) is 12.2 Å². The average molecular weight is 339 g/mol. The first kappa shape index (κ1) is 15.7. The minimum Gasteiger partial charge on any atom is -0.497 e. The van der Waals surface area contributed by atoms with Crippen molar-refractivity contribution in [3.8, 4) is 5.75 Å². The Morgan fingerprint density at radius 1 is 1.36 bits per heavy atom. The highest BCUT2D eigenvalue weighted by molar-refractivity contribution is 5.94. The lowest BCUT2D eigenvalue weighted by atomic mass is 9.96. The molecule has 1 aromatic carbocycles. The molecule has 6 heteroatoms. The molecule has 6 nitrogen and oxygen atoms in total. The van der Waals surface area contributed by atoms with Gasteiger partial charge >= 0.3 is 0 Å². The van der Waals surface area contributed by atoms with Crippen molar-refractivity contribution in [1.82, 2.24) is 15.5 Å².